The monoisotopic (exact) mass is 304 g/mol. The number of hydrogen-bond acceptors (Lipinski definition) is 0. The summed E-state index contributed by atoms with van der Waals surface area (Å²) in [6, 6.07) is 7.64. The molecule has 0 nitrogen and oxygen atoms in total. The zero-order valence-electron chi connectivity index (χ0n) is 9.64. The molecule has 0 N–H and O–H groups in total. The first-order valence-corrected chi connectivity index (χ1v) is 6.33. The van der Waals surface area contributed by atoms with Crippen LogP contribution in [0.4, 0.5) is 13.2 Å². The third kappa shape index (κ3) is 3.04. The van der Waals surface area contributed by atoms with E-state index in [1.165, 1.54) is 24.3 Å². The fraction of sp³-hybridized carbons (Fsp3) is 0.143. The Morgan fingerprint density at radius 3 is 2.00 bits per heavy atom. The molecule has 2 aromatic carbocycles. The van der Waals surface area contributed by atoms with E-state index in [2.05, 4.69) is 0 Å². The van der Waals surface area contributed by atoms with Crippen molar-refractivity contribution in [2.45, 2.75) is 11.8 Å². The molecule has 100 valence electrons. The Hall–Kier alpha value is -1.19. The maximum absolute atomic E-state index is 13.6. The second-order valence-corrected chi connectivity index (χ2v) is 4.94. The lowest BCUT2D eigenvalue weighted by Crippen LogP contribution is -2.04. The molecule has 0 saturated heterocycles. The topological polar surface area (TPSA) is 0 Å². The molecule has 5 heteroatoms. The third-order valence-electron chi connectivity index (χ3n) is 2.76. The van der Waals surface area contributed by atoms with Crippen molar-refractivity contribution in [2.24, 2.45) is 0 Å². The van der Waals surface area contributed by atoms with Crippen molar-refractivity contribution in [3.63, 3.8) is 0 Å². The van der Waals surface area contributed by atoms with Gasteiger partial charge in [0.15, 0.2) is 0 Å². The van der Waals surface area contributed by atoms with E-state index < -0.39 is 22.8 Å². The highest BCUT2D eigenvalue weighted by molar-refractivity contribution is 6.31. The van der Waals surface area contributed by atoms with Gasteiger partial charge in [0.1, 0.15) is 17.5 Å². The molecule has 0 bridgehead atoms. The van der Waals surface area contributed by atoms with Gasteiger partial charge in [-0.15, -0.1) is 11.6 Å². The van der Waals surface area contributed by atoms with Gasteiger partial charge in [0.25, 0.3) is 0 Å². The van der Waals surface area contributed by atoms with Gasteiger partial charge in [-0.1, -0.05) is 23.7 Å². The lowest BCUT2D eigenvalue weighted by atomic mass is 10.0. The van der Waals surface area contributed by atoms with Gasteiger partial charge in [0.05, 0.1) is 5.38 Å². The van der Waals surface area contributed by atoms with E-state index in [1.54, 1.807) is 0 Å². The second-order valence-electron chi connectivity index (χ2n) is 4.01. The van der Waals surface area contributed by atoms with Crippen LogP contribution in [0.2, 0.25) is 5.02 Å². The molecule has 0 radical (unpaired) electrons. The molecular weight excluding hydrogens is 296 g/mol. The summed E-state index contributed by atoms with van der Waals surface area (Å²) in [5, 5.41) is -0.849. The van der Waals surface area contributed by atoms with Crippen LogP contribution in [-0.2, 0) is 6.42 Å². The van der Waals surface area contributed by atoms with Crippen LogP contribution in [0.5, 0.6) is 0 Å². The Morgan fingerprint density at radius 2 is 1.42 bits per heavy atom. The highest BCUT2D eigenvalue weighted by atomic mass is 35.5. The van der Waals surface area contributed by atoms with Gasteiger partial charge in [-0.2, -0.15) is 0 Å². The number of alkyl halides is 1. The Labute approximate surface area is 118 Å². The fourth-order valence-corrected chi connectivity index (χ4v) is 2.42. The van der Waals surface area contributed by atoms with Crippen molar-refractivity contribution in [3.05, 3.63) is 70.0 Å². The molecule has 0 aliphatic heterocycles. The predicted octanol–water partition coefficient (Wildman–Crippen LogP) is 5.28. The quantitative estimate of drug-likeness (QED) is 0.677. The van der Waals surface area contributed by atoms with Crippen LogP contribution >= 0.6 is 23.2 Å². The molecule has 19 heavy (non-hydrogen) atoms. The van der Waals surface area contributed by atoms with Gasteiger partial charge in [-0.3, -0.25) is 0 Å². The average molecular weight is 305 g/mol. The van der Waals surface area contributed by atoms with Crippen LogP contribution in [0.25, 0.3) is 0 Å². The van der Waals surface area contributed by atoms with Crippen molar-refractivity contribution >= 4 is 23.2 Å². The molecule has 0 aliphatic carbocycles. The first kappa shape index (κ1) is 14.2. The molecule has 0 aromatic heterocycles. The third-order valence-corrected chi connectivity index (χ3v) is 3.48. The molecular formula is C14H9Cl2F3. The second kappa shape index (κ2) is 5.85. The first-order chi connectivity index (χ1) is 9.00. The summed E-state index contributed by atoms with van der Waals surface area (Å²) in [6.45, 7) is 0. The summed E-state index contributed by atoms with van der Waals surface area (Å²) in [6.07, 6.45) is -0.0923. The lowest BCUT2D eigenvalue weighted by molar-refractivity contribution is 0.546. The number of halogens is 5. The summed E-state index contributed by atoms with van der Waals surface area (Å²) >= 11 is 11.8. The average Bonchev–Trinajstić information content (AvgIpc) is 2.34. The largest absolute Gasteiger partial charge is 0.207 e. The van der Waals surface area contributed by atoms with Crippen LogP contribution in [0.15, 0.2) is 36.4 Å². The van der Waals surface area contributed by atoms with Crippen molar-refractivity contribution < 1.29 is 13.2 Å². The molecule has 0 amide bonds. The van der Waals surface area contributed by atoms with E-state index >= 15 is 0 Å². The highest BCUT2D eigenvalue weighted by Gasteiger charge is 2.20. The molecule has 1 atom stereocenters. The molecule has 0 saturated carbocycles. The Kier molecular flexibility index (Phi) is 4.38. The molecule has 0 heterocycles. The number of rotatable bonds is 3. The summed E-state index contributed by atoms with van der Waals surface area (Å²) in [7, 11) is 0. The van der Waals surface area contributed by atoms with Crippen LogP contribution in [0.3, 0.4) is 0 Å². The van der Waals surface area contributed by atoms with E-state index in [9.17, 15) is 13.2 Å². The van der Waals surface area contributed by atoms with E-state index in [0.717, 1.165) is 12.1 Å². The standard InChI is InChI=1S/C14H9Cl2F3/c15-9-3-1-4-11(17)8(9)7-10(16)14-12(18)5-2-6-13(14)19/h1-6,10H,7H2. The minimum absolute atomic E-state index is 0.0923. The van der Waals surface area contributed by atoms with E-state index in [-0.39, 0.29) is 22.6 Å². The normalized spacial score (nSPS) is 12.5. The zero-order valence-corrected chi connectivity index (χ0v) is 11.2. The van der Waals surface area contributed by atoms with Gasteiger partial charge in [0.2, 0.25) is 0 Å². The fourth-order valence-electron chi connectivity index (χ4n) is 1.82. The van der Waals surface area contributed by atoms with Gasteiger partial charge < -0.3 is 0 Å². The minimum Gasteiger partial charge on any atom is -0.207 e. The summed E-state index contributed by atoms with van der Waals surface area (Å²) < 4.78 is 40.7. The molecule has 2 rings (SSSR count). The molecule has 2 aromatic rings. The molecule has 0 fully saturated rings. The van der Waals surface area contributed by atoms with Crippen LogP contribution in [0, 0.1) is 17.5 Å². The first-order valence-electron chi connectivity index (χ1n) is 5.51. The molecule has 1 unspecified atom stereocenters. The summed E-state index contributed by atoms with van der Waals surface area (Å²) in [4.78, 5) is 0. The number of hydrogen-bond donors (Lipinski definition) is 0. The maximum atomic E-state index is 13.6. The minimum atomic E-state index is -1.03. The van der Waals surface area contributed by atoms with Crippen LogP contribution in [0.1, 0.15) is 16.5 Å². The van der Waals surface area contributed by atoms with Crippen molar-refractivity contribution in [1.29, 1.82) is 0 Å². The Morgan fingerprint density at radius 1 is 0.895 bits per heavy atom. The van der Waals surface area contributed by atoms with E-state index in [1.807, 2.05) is 0 Å². The van der Waals surface area contributed by atoms with Gasteiger partial charge in [-0.25, -0.2) is 13.2 Å². The summed E-state index contributed by atoms with van der Waals surface area (Å²) in [5.74, 6) is -2.06. The maximum Gasteiger partial charge on any atom is 0.130 e. The molecule has 0 spiro atoms. The van der Waals surface area contributed by atoms with E-state index in [0.29, 0.717) is 0 Å². The predicted molar refractivity (Wildman–Crippen MR) is 70.1 cm³/mol. The molecule has 0 aliphatic rings. The number of benzene rings is 2. The smallest absolute Gasteiger partial charge is 0.130 e. The Balaban J connectivity index is 2.34. The SMILES string of the molecule is Fc1cccc(Cl)c1CC(Cl)c1c(F)cccc1F. The Bertz CT molecular complexity index is 559. The van der Waals surface area contributed by atoms with Gasteiger partial charge in [0, 0.05) is 16.1 Å². The van der Waals surface area contributed by atoms with Crippen molar-refractivity contribution in [1.82, 2.24) is 0 Å². The van der Waals surface area contributed by atoms with Crippen LogP contribution in [-0.4, -0.2) is 0 Å². The zero-order chi connectivity index (χ0) is 14.0. The van der Waals surface area contributed by atoms with Crippen molar-refractivity contribution in [3.8, 4) is 0 Å². The van der Waals surface area contributed by atoms with E-state index in [4.69, 9.17) is 23.2 Å². The summed E-state index contributed by atoms with van der Waals surface area (Å²) in [5.41, 5.74) is -0.129. The van der Waals surface area contributed by atoms with Gasteiger partial charge >= 0.3 is 0 Å². The van der Waals surface area contributed by atoms with Crippen molar-refractivity contribution in [2.75, 3.05) is 0 Å². The highest BCUT2D eigenvalue weighted by Crippen LogP contribution is 2.32. The van der Waals surface area contributed by atoms with Crippen LogP contribution < -0.4 is 0 Å². The van der Waals surface area contributed by atoms with Gasteiger partial charge in [-0.05, 0) is 30.7 Å². The lowest BCUT2D eigenvalue weighted by Gasteiger charge is -2.13.